The minimum Gasteiger partial charge on any atom is -0.322 e. The molecule has 2 N–H and O–H groups in total. The molecule has 0 bridgehead atoms. The zero-order chi connectivity index (χ0) is 21.6. The van der Waals surface area contributed by atoms with Crippen LogP contribution in [0, 0.1) is 20.2 Å². The molecule has 2 aromatic carbocycles. The number of carbonyl (C=O) groups is 1. The van der Waals surface area contributed by atoms with Crippen molar-refractivity contribution in [1.29, 1.82) is 0 Å². The number of hydrogen-bond acceptors (Lipinski definition) is 7. The molecule has 0 heterocycles. The molecular formula is C17H18N4O7S. The Labute approximate surface area is 166 Å². The lowest BCUT2D eigenvalue weighted by Crippen LogP contribution is -2.24. The smallest absolute Gasteiger partial charge is 0.277 e. The summed E-state index contributed by atoms with van der Waals surface area (Å²) in [7, 11) is -3.67. The Morgan fingerprint density at radius 3 is 2.03 bits per heavy atom. The van der Waals surface area contributed by atoms with Crippen molar-refractivity contribution in [2.45, 2.75) is 24.7 Å². The highest BCUT2D eigenvalue weighted by Crippen LogP contribution is 2.23. The normalized spacial score (nSPS) is 11.1. The lowest BCUT2D eigenvalue weighted by atomic mass is 10.1. The summed E-state index contributed by atoms with van der Waals surface area (Å²) >= 11 is 0. The van der Waals surface area contributed by atoms with Crippen LogP contribution in [-0.2, 0) is 10.0 Å². The fourth-order valence-electron chi connectivity index (χ4n) is 2.32. The standard InChI is InChI=1S/C17H18N4O7S/c1-2-3-8-18-29(27,28)16-6-4-13(5-7-16)19-17(22)12-9-14(20(23)24)11-15(10-12)21(25)26/h4-7,9-11,18H,2-3,8H2,1H3,(H,19,22). The molecule has 154 valence electrons. The quantitative estimate of drug-likeness (QED) is 0.356. The van der Waals surface area contributed by atoms with E-state index in [0.717, 1.165) is 24.6 Å². The second kappa shape index (κ2) is 9.21. The molecule has 2 rings (SSSR count). The fourth-order valence-corrected chi connectivity index (χ4v) is 3.40. The second-order valence-electron chi connectivity index (χ2n) is 5.98. The number of rotatable bonds is 9. The van der Waals surface area contributed by atoms with Gasteiger partial charge in [-0.1, -0.05) is 13.3 Å². The topological polar surface area (TPSA) is 162 Å². The van der Waals surface area contributed by atoms with E-state index in [1.807, 2.05) is 6.92 Å². The largest absolute Gasteiger partial charge is 0.322 e. The maximum absolute atomic E-state index is 12.3. The molecule has 11 nitrogen and oxygen atoms in total. The summed E-state index contributed by atoms with van der Waals surface area (Å²) < 4.78 is 26.7. The molecule has 0 spiro atoms. The van der Waals surface area contributed by atoms with Crippen molar-refractivity contribution < 1.29 is 23.1 Å². The van der Waals surface area contributed by atoms with Gasteiger partial charge in [-0.3, -0.25) is 25.0 Å². The van der Waals surface area contributed by atoms with Crippen LogP contribution in [0.1, 0.15) is 30.1 Å². The Morgan fingerprint density at radius 1 is 1.00 bits per heavy atom. The predicted molar refractivity (Wildman–Crippen MR) is 104 cm³/mol. The summed E-state index contributed by atoms with van der Waals surface area (Å²) in [5, 5.41) is 24.3. The molecule has 29 heavy (non-hydrogen) atoms. The minimum atomic E-state index is -3.67. The van der Waals surface area contributed by atoms with Gasteiger partial charge in [0.05, 0.1) is 26.4 Å². The predicted octanol–water partition coefficient (Wildman–Crippen LogP) is 2.83. The van der Waals surface area contributed by atoms with E-state index in [1.165, 1.54) is 24.3 Å². The Morgan fingerprint density at radius 2 is 1.55 bits per heavy atom. The van der Waals surface area contributed by atoms with E-state index in [-0.39, 0.29) is 16.1 Å². The maximum Gasteiger partial charge on any atom is 0.277 e. The second-order valence-corrected chi connectivity index (χ2v) is 7.75. The number of sulfonamides is 1. The molecule has 0 aliphatic heterocycles. The molecule has 0 fully saturated rings. The summed E-state index contributed by atoms with van der Waals surface area (Å²) in [6.07, 6.45) is 1.53. The Bertz CT molecular complexity index is 1000. The molecule has 0 aliphatic carbocycles. The van der Waals surface area contributed by atoms with E-state index in [0.29, 0.717) is 13.0 Å². The number of anilines is 1. The van der Waals surface area contributed by atoms with Gasteiger partial charge in [0.15, 0.2) is 0 Å². The van der Waals surface area contributed by atoms with Crippen molar-refractivity contribution >= 4 is 33.0 Å². The summed E-state index contributed by atoms with van der Waals surface area (Å²) in [6, 6.07) is 7.86. The minimum absolute atomic E-state index is 0.0117. The van der Waals surface area contributed by atoms with Crippen molar-refractivity contribution in [3.05, 3.63) is 68.3 Å². The molecule has 0 saturated carbocycles. The lowest BCUT2D eigenvalue weighted by Gasteiger charge is -2.08. The van der Waals surface area contributed by atoms with Gasteiger partial charge in [-0.2, -0.15) is 0 Å². The number of non-ortho nitro benzene ring substituents is 2. The molecule has 12 heteroatoms. The van der Waals surface area contributed by atoms with Crippen LogP contribution in [0.3, 0.4) is 0 Å². The monoisotopic (exact) mass is 422 g/mol. The maximum atomic E-state index is 12.3. The van der Waals surface area contributed by atoms with E-state index < -0.39 is 37.2 Å². The van der Waals surface area contributed by atoms with Crippen molar-refractivity contribution in [2.75, 3.05) is 11.9 Å². The van der Waals surface area contributed by atoms with Crippen LogP contribution in [-0.4, -0.2) is 30.7 Å². The van der Waals surface area contributed by atoms with Crippen LogP contribution in [0.5, 0.6) is 0 Å². The first-order valence-corrected chi connectivity index (χ1v) is 9.97. The third kappa shape index (κ3) is 5.80. The number of carbonyl (C=O) groups excluding carboxylic acids is 1. The SMILES string of the molecule is CCCCNS(=O)(=O)c1ccc(NC(=O)c2cc([N+](=O)[O-])cc([N+](=O)[O-])c2)cc1. The van der Waals surface area contributed by atoms with Crippen molar-refractivity contribution in [3.63, 3.8) is 0 Å². The number of unbranched alkanes of at least 4 members (excludes halogenated alkanes) is 1. The molecule has 0 atom stereocenters. The van der Waals surface area contributed by atoms with Gasteiger partial charge in [-0.15, -0.1) is 0 Å². The number of benzene rings is 2. The van der Waals surface area contributed by atoms with Gasteiger partial charge in [-0.05, 0) is 30.7 Å². The highest BCUT2D eigenvalue weighted by Gasteiger charge is 2.20. The van der Waals surface area contributed by atoms with Crippen LogP contribution in [0.4, 0.5) is 17.1 Å². The van der Waals surface area contributed by atoms with Gasteiger partial charge in [0, 0.05) is 24.4 Å². The first kappa shape index (κ1) is 21.9. The first-order chi connectivity index (χ1) is 13.6. The van der Waals surface area contributed by atoms with Crippen molar-refractivity contribution in [1.82, 2.24) is 4.72 Å². The van der Waals surface area contributed by atoms with Gasteiger partial charge in [-0.25, -0.2) is 13.1 Å². The highest BCUT2D eigenvalue weighted by molar-refractivity contribution is 7.89. The van der Waals surface area contributed by atoms with Gasteiger partial charge in [0.1, 0.15) is 0 Å². The number of nitrogens with one attached hydrogen (secondary N) is 2. The van der Waals surface area contributed by atoms with Gasteiger partial charge >= 0.3 is 0 Å². The van der Waals surface area contributed by atoms with Crippen LogP contribution in [0.15, 0.2) is 47.4 Å². The van der Waals surface area contributed by atoms with E-state index in [9.17, 15) is 33.4 Å². The highest BCUT2D eigenvalue weighted by atomic mass is 32.2. The van der Waals surface area contributed by atoms with Gasteiger partial charge in [0.25, 0.3) is 17.3 Å². The summed E-state index contributed by atoms with van der Waals surface area (Å²) in [4.78, 5) is 32.5. The Balaban J connectivity index is 2.19. The van der Waals surface area contributed by atoms with E-state index in [1.54, 1.807) is 0 Å². The first-order valence-electron chi connectivity index (χ1n) is 8.49. The lowest BCUT2D eigenvalue weighted by molar-refractivity contribution is -0.394. The number of nitro benzene ring substituents is 2. The van der Waals surface area contributed by atoms with E-state index in [4.69, 9.17) is 0 Å². The number of hydrogen-bond donors (Lipinski definition) is 2. The number of amides is 1. The van der Waals surface area contributed by atoms with Crippen molar-refractivity contribution in [2.24, 2.45) is 0 Å². The van der Waals surface area contributed by atoms with E-state index >= 15 is 0 Å². The van der Waals surface area contributed by atoms with Gasteiger partial charge in [0.2, 0.25) is 10.0 Å². The molecule has 0 saturated heterocycles. The molecular weight excluding hydrogens is 404 g/mol. The van der Waals surface area contributed by atoms with Crippen LogP contribution in [0.25, 0.3) is 0 Å². The van der Waals surface area contributed by atoms with Crippen molar-refractivity contribution in [3.8, 4) is 0 Å². The molecule has 2 aromatic rings. The molecule has 0 aliphatic rings. The zero-order valence-corrected chi connectivity index (χ0v) is 16.1. The summed E-state index contributed by atoms with van der Waals surface area (Å²) in [5.74, 6) is -0.812. The molecule has 0 aromatic heterocycles. The summed E-state index contributed by atoms with van der Waals surface area (Å²) in [5.41, 5.74) is -1.24. The van der Waals surface area contributed by atoms with Crippen LogP contribution < -0.4 is 10.0 Å². The fraction of sp³-hybridized carbons (Fsp3) is 0.235. The summed E-state index contributed by atoms with van der Waals surface area (Å²) in [6.45, 7) is 2.24. The Hall–Kier alpha value is -3.38. The number of nitrogens with zero attached hydrogens (tertiary/aromatic N) is 2. The Kier molecular flexibility index (Phi) is 6.96. The zero-order valence-electron chi connectivity index (χ0n) is 15.3. The van der Waals surface area contributed by atoms with Crippen LogP contribution >= 0.6 is 0 Å². The molecule has 1 amide bonds. The number of nitro groups is 2. The third-order valence-corrected chi connectivity index (χ3v) is 5.31. The average molecular weight is 422 g/mol. The van der Waals surface area contributed by atoms with E-state index in [2.05, 4.69) is 10.0 Å². The molecule has 0 radical (unpaired) electrons. The average Bonchev–Trinajstić information content (AvgIpc) is 2.68. The molecule has 0 unspecified atom stereocenters. The van der Waals surface area contributed by atoms with Gasteiger partial charge < -0.3 is 5.32 Å². The van der Waals surface area contributed by atoms with Crippen LogP contribution in [0.2, 0.25) is 0 Å². The third-order valence-electron chi connectivity index (χ3n) is 3.83.